The summed E-state index contributed by atoms with van der Waals surface area (Å²) in [6, 6.07) is 10.1. The van der Waals surface area contributed by atoms with Gasteiger partial charge in [-0.1, -0.05) is 18.2 Å². The monoisotopic (exact) mass is 338 g/mol. The van der Waals surface area contributed by atoms with Gasteiger partial charge in [0.25, 0.3) is 0 Å². The van der Waals surface area contributed by atoms with E-state index < -0.39 is 0 Å². The number of amides is 1. The maximum Gasteiger partial charge on any atom is 0.230 e. The molecular formula is C20H26N4O. The molecule has 25 heavy (non-hydrogen) atoms. The molecule has 2 aliphatic rings. The molecule has 1 amide bonds. The van der Waals surface area contributed by atoms with E-state index in [2.05, 4.69) is 10.00 Å². The van der Waals surface area contributed by atoms with E-state index in [-0.39, 0.29) is 11.8 Å². The van der Waals surface area contributed by atoms with Crippen LogP contribution in [0.1, 0.15) is 30.7 Å². The van der Waals surface area contributed by atoms with Gasteiger partial charge in [-0.3, -0.25) is 9.48 Å². The molecule has 0 radical (unpaired) electrons. The zero-order valence-electron chi connectivity index (χ0n) is 14.8. The summed E-state index contributed by atoms with van der Waals surface area (Å²) >= 11 is 0. The number of hydrogen-bond acceptors (Lipinski definition) is 3. The minimum atomic E-state index is 0.1000. The van der Waals surface area contributed by atoms with E-state index in [1.807, 2.05) is 59.4 Å². The van der Waals surface area contributed by atoms with Gasteiger partial charge in [-0.25, -0.2) is 0 Å². The van der Waals surface area contributed by atoms with Crippen LogP contribution in [0.25, 0.3) is 0 Å². The first kappa shape index (κ1) is 16.3. The minimum Gasteiger partial charge on any atom is -0.311 e. The third-order valence-electron chi connectivity index (χ3n) is 5.43. The quantitative estimate of drug-likeness (QED) is 0.813. The Balaban J connectivity index is 1.46. The van der Waals surface area contributed by atoms with Crippen molar-refractivity contribution >= 4 is 11.6 Å². The van der Waals surface area contributed by atoms with Gasteiger partial charge in [-0.05, 0) is 56.0 Å². The number of hydrogen-bond donors (Lipinski definition) is 0. The molecule has 0 unspecified atom stereocenters. The molecule has 2 fully saturated rings. The number of aryl methyl sites for hydroxylation is 1. The highest BCUT2D eigenvalue weighted by atomic mass is 16.2. The van der Waals surface area contributed by atoms with E-state index in [1.165, 1.54) is 31.5 Å². The Bertz CT molecular complexity index is 720. The first-order valence-corrected chi connectivity index (χ1v) is 9.30. The van der Waals surface area contributed by atoms with Gasteiger partial charge in [-0.2, -0.15) is 5.10 Å². The van der Waals surface area contributed by atoms with Crippen molar-refractivity contribution < 1.29 is 4.79 Å². The number of carbonyl (C=O) groups is 1. The molecule has 132 valence electrons. The molecule has 5 nitrogen and oxygen atoms in total. The van der Waals surface area contributed by atoms with Crippen LogP contribution in [0.15, 0.2) is 42.7 Å². The Kier molecular flexibility index (Phi) is 4.57. The molecule has 1 aromatic heterocycles. The van der Waals surface area contributed by atoms with Crippen LogP contribution in [0, 0.1) is 5.92 Å². The fourth-order valence-electron chi connectivity index (χ4n) is 3.89. The van der Waals surface area contributed by atoms with E-state index in [9.17, 15) is 4.79 Å². The average molecular weight is 338 g/mol. The smallest absolute Gasteiger partial charge is 0.230 e. The third kappa shape index (κ3) is 3.61. The lowest BCUT2D eigenvalue weighted by Crippen LogP contribution is -2.39. The Morgan fingerprint density at radius 1 is 1.24 bits per heavy atom. The summed E-state index contributed by atoms with van der Waals surface area (Å²) in [7, 11) is 1.93. The SMILES string of the molecule is Cn1cc([C@@H]2C[C@H]2C(=O)N(CCN2CCCC2)c2ccccc2)cn1. The fourth-order valence-corrected chi connectivity index (χ4v) is 3.89. The predicted octanol–water partition coefficient (Wildman–Crippen LogP) is 2.65. The van der Waals surface area contributed by atoms with Crippen LogP contribution >= 0.6 is 0 Å². The summed E-state index contributed by atoms with van der Waals surface area (Å²) in [5.41, 5.74) is 2.21. The number of nitrogens with zero attached hydrogens (tertiary/aromatic N) is 4. The van der Waals surface area contributed by atoms with Crippen LogP contribution in [0.5, 0.6) is 0 Å². The number of carbonyl (C=O) groups excluding carboxylic acids is 1. The van der Waals surface area contributed by atoms with Crippen LogP contribution in [0.4, 0.5) is 5.69 Å². The van der Waals surface area contributed by atoms with Gasteiger partial charge in [-0.15, -0.1) is 0 Å². The molecule has 1 saturated carbocycles. The average Bonchev–Trinajstić information content (AvgIpc) is 3.02. The van der Waals surface area contributed by atoms with Gasteiger partial charge in [0.15, 0.2) is 0 Å². The summed E-state index contributed by atoms with van der Waals surface area (Å²) in [5, 5.41) is 4.25. The Hall–Kier alpha value is -2.14. The summed E-state index contributed by atoms with van der Waals surface area (Å²) in [4.78, 5) is 17.6. The number of rotatable bonds is 6. The molecule has 4 rings (SSSR count). The molecule has 1 aliphatic carbocycles. The van der Waals surface area contributed by atoms with Gasteiger partial charge in [0, 0.05) is 37.9 Å². The highest BCUT2D eigenvalue weighted by Gasteiger charge is 2.46. The van der Waals surface area contributed by atoms with Crippen molar-refractivity contribution in [1.29, 1.82) is 0 Å². The topological polar surface area (TPSA) is 41.4 Å². The molecule has 1 aromatic carbocycles. The lowest BCUT2D eigenvalue weighted by molar-refractivity contribution is -0.119. The first-order chi connectivity index (χ1) is 12.2. The molecule has 0 spiro atoms. The minimum absolute atomic E-state index is 0.1000. The summed E-state index contributed by atoms with van der Waals surface area (Å²) in [6.07, 6.45) is 7.44. The van der Waals surface area contributed by atoms with Crippen LogP contribution in [0.3, 0.4) is 0 Å². The van der Waals surface area contributed by atoms with Gasteiger partial charge in [0.1, 0.15) is 0 Å². The lowest BCUT2D eigenvalue weighted by Gasteiger charge is -2.26. The molecule has 1 aliphatic heterocycles. The molecule has 0 bridgehead atoms. The molecular weight excluding hydrogens is 312 g/mol. The zero-order valence-corrected chi connectivity index (χ0v) is 14.8. The Morgan fingerprint density at radius 2 is 2.00 bits per heavy atom. The molecule has 1 saturated heterocycles. The number of likely N-dealkylation sites (tertiary alicyclic amines) is 1. The highest BCUT2D eigenvalue weighted by Crippen LogP contribution is 2.48. The van der Waals surface area contributed by atoms with Crippen molar-refractivity contribution in [2.24, 2.45) is 13.0 Å². The highest BCUT2D eigenvalue weighted by molar-refractivity contribution is 5.97. The zero-order chi connectivity index (χ0) is 17.2. The van der Waals surface area contributed by atoms with Gasteiger partial charge >= 0.3 is 0 Å². The number of para-hydroxylation sites is 1. The fraction of sp³-hybridized carbons (Fsp3) is 0.500. The largest absolute Gasteiger partial charge is 0.311 e. The summed E-state index contributed by atoms with van der Waals surface area (Å²) in [5.74, 6) is 0.696. The van der Waals surface area contributed by atoms with E-state index in [0.717, 1.165) is 25.2 Å². The van der Waals surface area contributed by atoms with Crippen LogP contribution < -0.4 is 4.90 Å². The number of benzene rings is 1. The van der Waals surface area contributed by atoms with Gasteiger partial charge in [0.05, 0.1) is 6.20 Å². The molecule has 2 aromatic rings. The molecule has 0 N–H and O–H groups in total. The summed E-state index contributed by atoms with van der Waals surface area (Å²) in [6.45, 7) is 4.07. The molecule has 2 atom stereocenters. The maximum absolute atomic E-state index is 13.2. The number of aromatic nitrogens is 2. The standard InChI is InChI=1S/C20H26N4O/c1-22-15-16(14-21-22)18-13-19(18)20(25)24(17-7-3-2-4-8-17)12-11-23-9-5-6-10-23/h2-4,7-8,14-15,18-19H,5-6,9-13H2,1H3/t18-,19+/m0/s1. The second kappa shape index (κ2) is 7.00. The van der Waals surface area contributed by atoms with Gasteiger partial charge < -0.3 is 9.80 Å². The van der Waals surface area contributed by atoms with Crippen LogP contribution in [-0.2, 0) is 11.8 Å². The lowest BCUT2D eigenvalue weighted by atomic mass is 10.1. The second-order valence-corrected chi connectivity index (χ2v) is 7.27. The van der Waals surface area contributed by atoms with E-state index in [4.69, 9.17) is 0 Å². The normalized spacial score (nSPS) is 22.9. The number of anilines is 1. The van der Waals surface area contributed by atoms with Crippen LogP contribution in [-0.4, -0.2) is 46.8 Å². The van der Waals surface area contributed by atoms with Crippen molar-refractivity contribution in [3.8, 4) is 0 Å². The molecule has 2 heterocycles. The van der Waals surface area contributed by atoms with E-state index in [0.29, 0.717) is 5.92 Å². The predicted molar refractivity (Wildman–Crippen MR) is 98.5 cm³/mol. The van der Waals surface area contributed by atoms with E-state index >= 15 is 0 Å². The van der Waals surface area contributed by atoms with Gasteiger partial charge in [0.2, 0.25) is 5.91 Å². The first-order valence-electron chi connectivity index (χ1n) is 9.30. The van der Waals surface area contributed by atoms with Crippen molar-refractivity contribution in [3.63, 3.8) is 0 Å². The van der Waals surface area contributed by atoms with Crippen molar-refractivity contribution in [2.45, 2.75) is 25.2 Å². The maximum atomic E-state index is 13.2. The Labute approximate surface area is 149 Å². The van der Waals surface area contributed by atoms with Crippen molar-refractivity contribution in [1.82, 2.24) is 14.7 Å². The van der Waals surface area contributed by atoms with Crippen molar-refractivity contribution in [3.05, 3.63) is 48.3 Å². The van der Waals surface area contributed by atoms with Crippen molar-refractivity contribution in [2.75, 3.05) is 31.1 Å². The van der Waals surface area contributed by atoms with Crippen LogP contribution in [0.2, 0.25) is 0 Å². The Morgan fingerprint density at radius 3 is 2.68 bits per heavy atom. The van der Waals surface area contributed by atoms with E-state index in [1.54, 1.807) is 0 Å². The summed E-state index contributed by atoms with van der Waals surface area (Å²) < 4.78 is 1.82. The third-order valence-corrected chi connectivity index (χ3v) is 5.43. The second-order valence-electron chi connectivity index (χ2n) is 7.27. The molecule has 5 heteroatoms.